The van der Waals surface area contributed by atoms with E-state index in [0.717, 1.165) is 66.1 Å². The number of aryl methyl sites for hydroxylation is 2. The molecule has 0 aromatic carbocycles. The highest BCUT2D eigenvalue weighted by molar-refractivity contribution is 5.80. The van der Waals surface area contributed by atoms with E-state index in [1.54, 1.807) is 18.6 Å². The third-order valence-corrected chi connectivity index (χ3v) is 4.67. The molecule has 1 aliphatic rings. The molecule has 134 valence electrons. The van der Waals surface area contributed by atoms with Crippen LogP contribution in [0.2, 0.25) is 0 Å². The zero-order valence-electron chi connectivity index (χ0n) is 15.2. The maximum Gasteiger partial charge on any atom is 0.225 e. The van der Waals surface area contributed by atoms with Gasteiger partial charge in [-0.2, -0.15) is 0 Å². The van der Waals surface area contributed by atoms with Crippen LogP contribution in [0.1, 0.15) is 11.5 Å². The summed E-state index contributed by atoms with van der Waals surface area (Å²) in [5.41, 5.74) is 4.03. The van der Waals surface area contributed by atoms with Gasteiger partial charge in [-0.05, 0) is 20.9 Å². The predicted molar refractivity (Wildman–Crippen MR) is 97.7 cm³/mol. The summed E-state index contributed by atoms with van der Waals surface area (Å²) in [5.74, 6) is 1.46. The van der Waals surface area contributed by atoms with E-state index in [1.165, 1.54) is 0 Å². The van der Waals surface area contributed by atoms with E-state index in [2.05, 4.69) is 37.0 Å². The van der Waals surface area contributed by atoms with Crippen LogP contribution in [-0.2, 0) is 0 Å². The van der Waals surface area contributed by atoms with Gasteiger partial charge in [-0.3, -0.25) is 9.97 Å². The van der Waals surface area contributed by atoms with E-state index in [9.17, 15) is 0 Å². The minimum Gasteiger partial charge on any atom is -0.361 e. The number of aromatic nitrogens is 5. The first kappa shape index (κ1) is 16.6. The maximum absolute atomic E-state index is 5.37. The van der Waals surface area contributed by atoms with Crippen LogP contribution in [0.4, 0.5) is 5.95 Å². The number of piperazine rings is 1. The van der Waals surface area contributed by atoms with Gasteiger partial charge in [0.05, 0.1) is 28.8 Å². The number of nitrogens with zero attached hydrogens (tertiary/aromatic N) is 7. The number of hydrogen-bond donors (Lipinski definition) is 0. The third kappa shape index (κ3) is 3.03. The zero-order chi connectivity index (χ0) is 18.1. The Morgan fingerprint density at radius 3 is 2.46 bits per heavy atom. The van der Waals surface area contributed by atoms with Crippen LogP contribution in [0.15, 0.2) is 29.3 Å². The van der Waals surface area contributed by atoms with Crippen LogP contribution < -0.4 is 4.90 Å². The van der Waals surface area contributed by atoms with Crippen LogP contribution in [-0.4, -0.2) is 63.2 Å². The topological polar surface area (TPSA) is 84.1 Å². The molecule has 4 rings (SSSR count). The molecule has 0 atom stereocenters. The monoisotopic (exact) mass is 351 g/mol. The zero-order valence-corrected chi connectivity index (χ0v) is 15.2. The molecule has 3 aromatic heterocycles. The molecule has 8 nitrogen and oxygen atoms in total. The predicted octanol–water partition coefficient (Wildman–Crippen LogP) is 1.96. The second kappa shape index (κ2) is 6.80. The van der Waals surface area contributed by atoms with Gasteiger partial charge in [0.1, 0.15) is 5.76 Å². The lowest BCUT2D eigenvalue weighted by Crippen LogP contribution is -2.45. The Labute approximate surface area is 151 Å². The van der Waals surface area contributed by atoms with Gasteiger partial charge in [-0.1, -0.05) is 5.16 Å². The molecule has 0 amide bonds. The maximum atomic E-state index is 5.37. The molecule has 26 heavy (non-hydrogen) atoms. The first-order valence-electron chi connectivity index (χ1n) is 8.63. The van der Waals surface area contributed by atoms with Gasteiger partial charge in [0.15, 0.2) is 0 Å². The molecule has 3 aromatic rings. The van der Waals surface area contributed by atoms with Crippen LogP contribution in [0.3, 0.4) is 0 Å². The van der Waals surface area contributed by atoms with Crippen molar-refractivity contribution in [2.75, 3.05) is 38.1 Å². The number of rotatable bonds is 3. The van der Waals surface area contributed by atoms with Crippen molar-refractivity contribution in [3.05, 3.63) is 36.2 Å². The lowest BCUT2D eigenvalue weighted by molar-refractivity contribution is 0.311. The summed E-state index contributed by atoms with van der Waals surface area (Å²) in [5, 5.41) is 4.09. The summed E-state index contributed by atoms with van der Waals surface area (Å²) < 4.78 is 5.37. The van der Waals surface area contributed by atoms with Crippen molar-refractivity contribution >= 4 is 5.95 Å². The summed E-state index contributed by atoms with van der Waals surface area (Å²) in [4.78, 5) is 22.6. The number of anilines is 1. The minimum absolute atomic E-state index is 0.723. The van der Waals surface area contributed by atoms with Crippen molar-refractivity contribution in [3.63, 3.8) is 0 Å². The SMILES string of the molecule is Cc1noc(C)c1-c1nc(N2CCN(C)CC2)ncc1-c1cnccn1. The lowest BCUT2D eigenvalue weighted by Gasteiger charge is -2.32. The minimum atomic E-state index is 0.723. The van der Waals surface area contributed by atoms with Gasteiger partial charge in [0, 0.05) is 50.3 Å². The second-order valence-electron chi connectivity index (χ2n) is 6.51. The molecule has 0 spiro atoms. The fourth-order valence-electron chi connectivity index (χ4n) is 3.17. The van der Waals surface area contributed by atoms with Gasteiger partial charge >= 0.3 is 0 Å². The van der Waals surface area contributed by atoms with Crippen LogP contribution >= 0.6 is 0 Å². The Kier molecular flexibility index (Phi) is 4.34. The number of hydrogen-bond acceptors (Lipinski definition) is 8. The molecule has 4 heterocycles. The van der Waals surface area contributed by atoms with Gasteiger partial charge < -0.3 is 14.3 Å². The fraction of sp³-hybridized carbons (Fsp3) is 0.389. The van der Waals surface area contributed by atoms with Crippen molar-refractivity contribution in [2.24, 2.45) is 0 Å². The molecule has 0 bridgehead atoms. The molecular formula is C18H21N7O. The summed E-state index contributed by atoms with van der Waals surface area (Å²) in [6.45, 7) is 7.62. The molecule has 1 saturated heterocycles. The average Bonchev–Trinajstić information content (AvgIpc) is 3.01. The Balaban J connectivity index is 1.83. The summed E-state index contributed by atoms with van der Waals surface area (Å²) in [6.07, 6.45) is 6.86. The van der Waals surface area contributed by atoms with Crippen LogP contribution in [0, 0.1) is 13.8 Å². The van der Waals surface area contributed by atoms with Crippen molar-refractivity contribution in [1.29, 1.82) is 0 Å². The van der Waals surface area contributed by atoms with Crippen molar-refractivity contribution in [3.8, 4) is 22.5 Å². The molecule has 0 N–H and O–H groups in total. The smallest absolute Gasteiger partial charge is 0.225 e. The fourth-order valence-corrected chi connectivity index (χ4v) is 3.17. The molecule has 8 heteroatoms. The summed E-state index contributed by atoms with van der Waals surface area (Å²) in [7, 11) is 2.13. The van der Waals surface area contributed by atoms with Crippen LogP contribution in [0.25, 0.3) is 22.5 Å². The van der Waals surface area contributed by atoms with E-state index >= 15 is 0 Å². The summed E-state index contributed by atoms with van der Waals surface area (Å²) in [6, 6.07) is 0. The molecular weight excluding hydrogens is 330 g/mol. The molecule has 0 unspecified atom stereocenters. The Morgan fingerprint density at radius 1 is 1.00 bits per heavy atom. The second-order valence-corrected chi connectivity index (χ2v) is 6.51. The molecule has 1 aliphatic heterocycles. The first-order valence-corrected chi connectivity index (χ1v) is 8.63. The van der Waals surface area contributed by atoms with E-state index in [1.807, 2.05) is 20.0 Å². The molecule has 1 fully saturated rings. The highest BCUT2D eigenvalue weighted by Crippen LogP contribution is 2.34. The highest BCUT2D eigenvalue weighted by Gasteiger charge is 2.23. The first-order chi connectivity index (χ1) is 12.6. The quantitative estimate of drug-likeness (QED) is 0.708. The van der Waals surface area contributed by atoms with Gasteiger partial charge in [-0.25, -0.2) is 9.97 Å². The standard InChI is InChI=1S/C18H21N7O/c1-12-16(13(2)26-23-12)17-14(15-11-19-4-5-20-15)10-21-18(22-17)25-8-6-24(3)7-9-25/h4-5,10-11H,6-9H2,1-3H3. The van der Waals surface area contributed by atoms with Crippen LogP contribution in [0.5, 0.6) is 0 Å². The lowest BCUT2D eigenvalue weighted by atomic mass is 10.0. The molecule has 0 aliphatic carbocycles. The normalized spacial score (nSPS) is 15.4. The van der Waals surface area contributed by atoms with Gasteiger partial charge in [0.2, 0.25) is 5.95 Å². The van der Waals surface area contributed by atoms with E-state index in [-0.39, 0.29) is 0 Å². The Hall–Kier alpha value is -2.87. The highest BCUT2D eigenvalue weighted by atomic mass is 16.5. The van der Waals surface area contributed by atoms with Gasteiger partial charge in [0.25, 0.3) is 0 Å². The number of likely N-dealkylation sites (N-methyl/N-ethyl adjacent to an activating group) is 1. The largest absolute Gasteiger partial charge is 0.361 e. The van der Waals surface area contributed by atoms with Crippen molar-refractivity contribution < 1.29 is 4.52 Å². The Bertz CT molecular complexity index is 882. The van der Waals surface area contributed by atoms with E-state index < -0.39 is 0 Å². The Morgan fingerprint density at radius 2 is 1.81 bits per heavy atom. The average molecular weight is 351 g/mol. The van der Waals surface area contributed by atoms with Crippen molar-refractivity contribution in [2.45, 2.75) is 13.8 Å². The third-order valence-electron chi connectivity index (χ3n) is 4.67. The van der Waals surface area contributed by atoms with Crippen molar-refractivity contribution in [1.82, 2.24) is 30.0 Å². The van der Waals surface area contributed by atoms with Gasteiger partial charge in [-0.15, -0.1) is 0 Å². The van der Waals surface area contributed by atoms with E-state index in [0.29, 0.717) is 0 Å². The summed E-state index contributed by atoms with van der Waals surface area (Å²) >= 11 is 0. The molecule has 0 radical (unpaired) electrons. The van der Waals surface area contributed by atoms with E-state index in [4.69, 9.17) is 9.51 Å². The molecule has 0 saturated carbocycles.